The summed E-state index contributed by atoms with van der Waals surface area (Å²) in [7, 11) is 3.23. The van der Waals surface area contributed by atoms with E-state index in [0.29, 0.717) is 11.5 Å². The van der Waals surface area contributed by atoms with Gasteiger partial charge in [0.25, 0.3) is 0 Å². The minimum atomic E-state index is -0.244. The largest absolute Gasteiger partial charge is 0.493 e. The molecule has 0 saturated heterocycles. The van der Waals surface area contributed by atoms with Crippen molar-refractivity contribution in [3.63, 3.8) is 0 Å². The van der Waals surface area contributed by atoms with E-state index in [1.807, 2.05) is 31.2 Å². The lowest BCUT2D eigenvalue weighted by Gasteiger charge is -2.18. The third kappa shape index (κ3) is 3.42. The van der Waals surface area contributed by atoms with Crippen molar-refractivity contribution in [3.8, 4) is 11.5 Å². The number of nitrogens with two attached hydrogens (primary N) is 1. The Morgan fingerprint density at radius 1 is 0.952 bits per heavy atom. The maximum Gasteiger partial charge on any atom is 0.161 e. The third-order valence-corrected chi connectivity index (χ3v) is 4.96. The summed E-state index contributed by atoms with van der Waals surface area (Å²) in [5, 5.41) is 0. The zero-order valence-electron chi connectivity index (χ0n) is 12.1. The van der Waals surface area contributed by atoms with E-state index in [2.05, 4.69) is 37.9 Å². The van der Waals surface area contributed by atoms with Gasteiger partial charge in [0.15, 0.2) is 11.5 Å². The van der Waals surface area contributed by atoms with E-state index in [-0.39, 0.29) is 6.04 Å². The first-order valence-electron chi connectivity index (χ1n) is 6.41. The summed E-state index contributed by atoms with van der Waals surface area (Å²) in [6, 6.07) is 9.65. The van der Waals surface area contributed by atoms with Gasteiger partial charge in [-0.25, -0.2) is 0 Å². The van der Waals surface area contributed by atoms with Gasteiger partial charge in [-0.3, -0.25) is 0 Å². The van der Waals surface area contributed by atoms with Crippen molar-refractivity contribution in [2.24, 2.45) is 5.73 Å². The second-order valence-electron chi connectivity index (χ2n) is 4.71. The lowest BCUT2D eigenvalue weighted by molar-refractivity contribution is 0.354. The SMILES string of the molecule is COc1cc(Br)c(C(N)c2ccc(Br)c(C)c2)cc1OC. The quantitative estimate of drug-likeness (QED) is 0.795. The molecule has 1 unspecified atom stereocenters. The van der Waals surface area contributed by atoms with Gasteiger partial charge in [0.2, 0.25) is 0 Å². The number of hydrogen-bond acceptors (Lipinski definition) is 3. The number of methoxy groups -OCH3 is 2. The minimum Gasteiger partial charge on any atom is -0.493 e. The van der Waals surface area contributed by atoms with Crippen molar-refractivity contribution in [3.05, 3.63) is 56.0 Å². The zero-order chi connectivity index (χ0) is 15.6. The molecular formula is C16H17Br2NO2. The van der Waals surface area contributed by atoms with Gasteiger partial charge in [-0.05, 0) is 41.8 Å². The Morgan fingerprint density at radius 3 is 2.14 bits per heavy atom. The van der Waals surface area contributed by atoms with E-state index in [1.54, 1.807) is 14.2 Å². The molecule has 1 atom stereocenters. The van der Waals surface area contributed by atoms with Crippen LogP contribution in [-0.4, -0.2) is 14.2 Å². The summed E-state index contributed by atoms with van der Waals surface area (Å²) in [4.78, 5) is 0. The lowest BCUT2D eigenvalue weighted by atomic mass is 9.98. The van der Waals surface area contributed by atoms with Crippen LogP contribution >= 0.6 is 31.9 Å². The molecule has 2 rings (SSSR count). The van der Waals surface area contributed by atoms with E-state index in [4.69, 9.17) is 15.2 Å². The fraction of sp³-hybridized carbons (Fsp3) is 0.250. The number of hydrogen-bond donors (Lipinski definition) is 1. The highest BCUT2D eigenvalue weighted by atomic mass is 79.9. The first-order valence-corrected chi connectivity index (χ1v) is 7.99. The number of ether oxygens (including phenoxy) is 2. The van der Waals surface area contributed by atoms with Crippen molar-refractivity contribution in [1.82, 2.24) is 0 Å². The Bertz CT molecular complexity index is 659. The fourth-order valence-electron chi connectivity index (χ4n) is 2.15. The molecule has 3 nitrogen and oxygen atoms in total. The molecule has 112 valence electrons. The highest BCUT2D eigenvalue weighted by molar-refractivity contribution is 9.10. The van der Waals surface area contributed by atoms with Gasteiger partial charge in [-0.15, -0.1) is 0 Å². The van der Waals surface area contributed by atoms with Crippen LogP contribution in [0.3, 0.4) is 0 Å². The van der Waals surface area contributed by atoms with Crippen LogP contribution in [0.25, 0.3) is 0 Å². The number of benzene rings is 2. The molecule has 2 aromatic carbocycles. The van der Waals surface area contributed by atoms with E-state index >= 15 is 0 Å². The van der Waals surface area contributed by atoms with Crippen molar-refractivity contribution in [2.75, 3.05) is 14.2 Å². The first-order chi connectivity index (χ1) is 9.97. The molecule has 0 amide bonds. The van der Waals surface area contributed by atoms with Crippen LogP contribution in [-0.2, 0) is 0 Å². The molecule has 0 fully saturated rings. The maximum absolute atomic E-state index is 6.41. The number of halogens is 2. The summed E-state index contributed by atoms with van der Waals surface area (Å²) in [6.45, 7) is 2.05. The number of rotatable bonds is 4. The minimum absolute atomic E-state index is 0.244. The standard InChI is InChI=1S/C16H17Br2NO2/c1-9-6-10(4-5-12(9)17)16(19)11-7-14(20-2)15(21-3)8-13(11)18/h4-8,16H,19H2,1-3H3. The highest BCUT2D eigenvalue weighted by Crippen LogP contribution is 2.37. The van der Waals surface area contributed by atoms with Crippen LogP contribution < -0.4 is 15.2 Å². The highest BCUT2D eigenvalue weighted by Gasteiger charge is 2.17. The Morgan fingerprint density at radius 2 is 1.57 bits per heavy atom. The Kier molecular flexibility index (Phi) is 5.30. The molecule has 0 aliphatic heterocycles. The Labute approximate surface area is 141 Å². The molecule has 21 heavy (non-hydrogen) atoms. The molecule has 5 heteroatoms. The van der Waals surface area contributed by atoms with Crippen molar-refractivity contribution >= 4 is 31.9 Å². The fourth-order valence-corrected chi connectivity index (χ4v) is 2.96. The molecule has 0 aliphatic rings. The van der Waals surface area contributed by atoms with Gasteiger partial charge in [0, 0.05) is 8.95 Å². The summed E-state index contributed by atoms with van der Waals surface area (Å²) in [5.41, 5.74) is 9.56. The Hall–Kier alpha value is -1.04. The van der Waals surface area contributed by atoms with Crippen LogP contribution in [0.15, 0.2) is 39.3 Å². The molecule has 0 bridgehead atoms. The van der Waals surface area contributed by atoms with E-state index in [9.17, 15) is 0 Å². The van der Waals surface area contributed by atoms with E-state index in [1.165, 1.54) is 0 Å². The van der Waals surface area contributed by atoms with Crippen molar-refractivity contribution in [1.29, 1.82) is 0 Å². The predicted octanol–water partition coefficient (Wildman–Crippen LogP) is 4.59. The Balaban J connectivity index is 2.47. The summed E-state index contributed by atoms with van der Waals surface area (Å²) in [5.74, 6) is 1.34. The van der Waals surface area contributed by atoms with E-state index < -0.39 is 0 Å². The van der Waals surface area contributed by atoms with Crippen LogP contribution in [0.4, 0.5) is 0 Å². The average Bonchev–Trinajstić information content (AvgIpc) is 2.49. The second kappa shape index (κ2) is 6.81. The lowest BCUT2D eigenvalue weighted by Crippen LogP contribution is -2.13. The monoisotopic (exact) mass is 413 g/mol. The second-order valence-corrected chi connectivity index (χ2v) is 6.42. The molecule has 0 radical (unpaired) electrons. The van der Waals surface area contributed by atoms with Crippen LogP contribution in [0, 0.1) is 6.92 Å². The topological polar surface area (TPSA) is 44.5 Å². The van der Waals surface area contributed by atoms with Crippen LogP contribution in [0.5, 0.6) is 11.5 Å². The van der Waals surface area contributed by atoms with Gasteiger partial charge in [0.05, 0.1) is 20.3 Å². The molecule has 0 aliphatic carbocycles. The normalized spacial score (nSPS) is 12.1. The van der Waals surface area contributed by atoms with Crippen LogP contribution in [0.1, 0.15) is 22.7 Å². The summed E-state index contributed by atoms with van der Waals surface area (Å²) < 4.78 is 12.6. The molecule has 2 N–H and O–H groups in total. The maximum atomic E-state index is 6.41. The van der Waals surface area contributed by atoms with Gasteiger partial charge < -0.3 is 15.2 Å². The van der Waals surface area contributed by atoms with Gasteiger partial charge in [0.1, 0.15) is 0 Å². The van der Waals surface area contributed by atoms with Gasteiger partial charge >= 0.3 is 0 Å². The molecule has 0 aromatic heterocycles. The molecule has 2 aromatic rings. The predicted molar refractivity (Wildman–Crippen MR) is 92.2 cm³/mol. The van der Waals surface area contributed by atoms with Crippen molar-refractivity contribution < 1.29 is 9.47 Å². The summed E-state index contributed by atoms with van der Waals surface area (Å²) >= 11 is 7.06. The number of aryl methyl sites for hydroxylation is 1. The summed E-state index contributed by atoms with van der Waals surface area (Å²) in [6.07, 6.45) is 0. The van der Waals surface area contributed by atoms with Crippen LogP contribution in [0.2, 0.25) is 0 Å². The molecule has 0 saturated carbocycles. The average molecular weight is 415 g/mol. The van der Waals surface area contributed by atoms with Crippen molar-refractivity contribution in [2.45, 2.75) is 13.0 Å². The molecule has 0 heterocycles. The van der Waals surface area contributed by atoms with E-state index in [0.717, 1.165) is 25.6 Å². The molecule has 0 spiro atoms. The smallest absolute Gasteiger partial charge is 0.161 e. The molecular weight excluding hydrogens is 398 g/mol. The van der Waals surface area contributed by atoms with Gasteiger partial charge in [-0.2, -0.15) is 0 Å². The third-order valence-electron chi connectivity index (χ3n) is 3.38. The van der Waals surface area contributed by atoms with Gasteiger partial charge in [-0.1, -0.05) is 44.0 Å². The first kappa shape index (κ1) is 16.3. The zero-order valence-corrected chi connectivity index (χ0v) is 15.3.